The van der Waals surface area contributed by atoms with Crippen LogP contribution in [0.1, 0.15) is 0 Å². The maximum absolute atomic E-state index is 6.24. The van der Waals surface area contributed by atoms with Crippen molar-refractivity contribution in [3.8, 4) is 147 Å². The lowest BCUT2D eigenvalue weighted by Gasteiger charge is -2.12. The van der Waals surface area contributed by atoms with Crippen molar-refractivity contribution in [3.05, 3.63) is 479 Å². The molecule has 0 N–H and O–H groups in total. The molecule has 12 nitrogen and oxygen atoms in total. The van der Waals surface area contributed by atoms with E-state index in [1.165, 1.54) is 37.9 Å². The number of fused-ring (bicyclic) bond motifs is 18. The van der Waals surface area contributed by atoms with E-state index >= 15 is 0 Å². The number of hydrogen-bond acceptors (Lipinski definition) is 12. The Morgan fingerprint density at radius 3 is 0.674 bits per heavy atom. The quantitative estimate of drug-likeness (QED) is 0.101. The standard InChI is InChI=1S/C45H27N3O.C43H27N3O.C41H25N3O/c1-2-10-31(11-3-1)45-48-43-41(49-45)23-21-30-16-17-34-26-37(20-22-38(34)42(30)43)44-46-39(35-18-14-28-8-4-6-12-32(28)24-35)27-40(47-44)36-19-15-29-9-5-7-13-33(29)25-36;1-4-11-28(12-5-1)32-17-10-18-34(25-32)38-27-37(29-13-6-2-7-14-29)44-42(45-38)35-21-23-36-33(26-35)20-19-30-22-24-39-41(40(30)36)46-43(47-39)31-15-8-3-9-16-31;1-3-10-27(11-4-1)35-25-36(32-18-15-26-9-7-8-14-30(26)23-32)43-40(42-35)33-19-21-34-31(24-33)17-16-28-20-22-37-39(38(28)34)44-41(45-37)29-12-5-2-6-13-29/h1-27H;1-27H;1-25H. The Morgan fingerprint density at radius 2 is 0.355 bits per heavy atom. The molecule has 22 aromatic carbocycles. The fourth-order valence-corrected chi connectivity index (χ4v) is 19.5. The molecule has 0 aliphatic carbocycles. The van der Waals surface area contributed by atoms with Crippen LogP contribution in [0.25, 0.3) is 277 Å². The van der Waals surface area contributed by atoms with Crippen molar-refractivity contribution >= 4 is 130 Å². The smallest absolute Gasteiger partial charge is 0.227 e. The fraction of sp³-hybridized carbons (Fsp3) is 0. The summed E-state index contributed by atoms with van der Waals surface area (Å²) < 4.78 is 18.7. The van der Waals surface area contributed by atoms with Gasteiger partial charge in [0.2, 0.25) is 17.7 Å². The Labute approximate surface area is 809 Å². The van der Waals surface area contributed by atoms with Gasteiger partial charge < -0.3 is 13.3 Å². The molecule has 28 rings (SSSR count). The summed E-state index contributed by atoms with van der Waals surface area (Å²) in [6.45, 7) is 0. The third kappa shape index (κ3) is 15.9. The zero-order valence-electron chi connectivity index (χ0n) is 75.9. The Balaban J connectivity index is 0.000000109. The van der Waals surface area contributed by atoms with Crippen molar-refractivity contribution in [1.29, 1.82) is 0 Å². The Morgan fingerprint density at radius 1 is 0.128 bits per heavy atom. The van der Waals surface area contributed by atoms with Gasteiger partial charge in [0, 0.05) is 82.9 Å². The molecule has 0 saturated heterocycles. The summed E-state index contributed by atoms with van der Waals surface area (Å²) in [5.74, 6) is 3.92. The molecule has 0 fully saturated rings. The molecule has 12 heteroatoms. The van der Waals surface area contributed by atoms with E-state index in [1.807, 2.05) is 152 Å². The second-order valence-electron chi connectivity index (χ2n) is 35.4. The maximum Gasteiger partial charge on any atom is 0.227 e. The van der Waals surface area contributed by atoms with Crippen LogP contribution in [0.2, 0.25) is 0 Å². The van der Waals surface area contributed by atoms with E-state index < -0.39 is 0 Å². The largest absolute Gasteiger partial charge is 0.436 e. The molecular formula is C129H79N9O3. The predicted molar refractivity (Wildman–Crippen MR) is 577 cm³/mol. The first-order valence-electron chi connectivity index (χ1n) is 47.1. The molecule has 0 bridgehead atoms. The fourth-order valence-electron chi connectivity index (χ4n) is 19.5. The molecular weight excluding hydrogens is 1720 g/mol. The lowest BCUT2D eigenvalue weighted by molar-refractivity contribution is 0.619. The van der Waals surface area contributed by atoms with E-state index in [1.54, 1.807) is 0 Å². The summed E-state index contributed by atoms with van der Waals surface area (Å²) in [6.07, 6.45) is 0. The highest BCUT2D eigenvalue weighted by Gasteiger charge is 2.23. The average Bonchev–Trinajstić information content (AvgIpc) is 1.69. The van der Waals surface area contributed by atoms with Crippen molar-refractivity contribution < 1.29 is 13.3 Å². The van der Waals surface area contributed by atoms with Crippen LogP contribution in [0.15, 0.2) is 492 Å². The van der Waals surface area contributed by atoms with Gasteiger partial charge in [-0.15, -0.1) is 0 Å². The van der Waals surface area contributed by atoms with Gasteiger partial charge in [0.25, 0.3) is 0 Å². The molecule has 6 aromatic heterocycles. The van der Waals surface area contributed by atoms with E-state index in [0.29, 0.717) is 35.1 Å². The van der Waals surface area contributed by atoms with Crippen molar-refractivity contribution in [3.63, 3.8) is 0 Å². The molecule has 0 amide bonds. The minimum absolute atomic E-state index is 0.622. The number of nitrogens with zero attached hydrogens (tertiary/aromatic N) is 9. The van der Waals surface area contributed by atoms with Gasteiger partial charge in [-0.3, -0.25) is 0 Å². The topological polar surface area (TPSA) is 155 Å². The lowest BCUT2D eigenvalue weighted by Crippen LogP contribution is -1.96. The highest BCUT2D eigenvalue weighted by Crippen LogP contribution is 2.44. The van der Waals surface area contributed by atoms with Crippen molar-refractivity contribution in [1.82, 2.24) is 44.9 Å². The summed E-state index contributed by atoms with van der Waals surface area (Å²) in [5.41, 5.74) is 24.6. The van der Waals surface area contributed by atoms with Crippen LogP contribution in [0, 0.1) is 0 Å². The zero-order chi connectivity index (χ0) is 93.2. The van der Waals surface area contributed by atoms with Gasteiger partial charge in [-0.05, 0) is 207 Å². The van der Waals surface area contributed by atoms with Gasteiger partial charge in [0.1, 0.15) is 16.6 Å². The second-order valence-corrected chi connectivity index (χ2v) is 35.4. The van der Waals surface area contributed by atoms with E-state index in [0.717, 1.165) is 204 Å². The van der Waals surface area contributed by atoms with Crippen LogP contribution in [0.3, 0.4) is 0 Å². The molecule has 0 saturated carbocycles. The Hall–Kier alpha value is -19.2. The molecule has 0 aliphatic rings. The molecule has 141 heavy (non-hydrogen) atoms. The molecule has 0 unspecified atom stereocenters. The van der Waals surface area contributed by atoms with Gasteiger partial charge in [-0.25, -0.2) is 44.9 Å². The van der Waals surface area contributed by atoms with Crippen molar-refractivity contribution in [2.45, 2.75) is 0 Å². The predicted octanol–water partition coefficient (Wildman–Crippen LogP) is 33.9. The number of aromatic nitrogens is 9. The summed E-state index contributed by atoms with van der Waals surface area (Å²) >= 11 is 0. The van der Waals surface area contributed by atoms with Crippen LogP contribution in [-0.2, 0) is 0 Å². The monoisotopic (exact) mass is 1800 g/mol. The minimum Gasteiger partial charge on any atom is -0.436 e. The molecule has 658 valence electrons. The van der Waals surface area contributed by atoms with Gasteiger partial charge in [0.15, 0.2) is 34.2 Å². The molecule has 0 spiro atoms. The van der Waals surface area contributed by atoms with Gasteiger partial charge >= 0.3 is 0 Å². The van der Waals surface area contributed by atoms with Crippen molar-refractivity contribution in [2.24, 2.45) is 0 Å². The van der Waals surface area contributed by atoms with E-state index in [2.05, 4.69) is 328 Å². The second kappa shape index (κ2) is 35.3. The minimum atomic E-state index is 0.622. The normalized spacial score (nSPS) is 11.5. The Kier molecular flexibility index (Phi) is 20.6. The first kappa shape index (κ1) is 82.5. The number of hydrogen-bond donors (Lipinski definition) is 0. The third-order valence-electron chi connectivity index (χ3n) is 26.6. The third-order valence-corrected chi connectivity index (χ3v) is 26.6. The first-order valence-corrected chi connectivity index (χ1v) is 47.1. The molecule has 28 aromatic rings. The van der Waals surface area contributed by atoms with Crippen LogP contribution in [-0.4, -0.2) is 44.9 Å². The summed E-state index contributed by atoms with van der Waals surface area (Å²) in [6, 6.07) is 166. The first-order chi connectivity index (χ1) is 69.8. The summed E-state index contributed by atoms with van der Waals surface area (Å²) in [7, 11) is 0. The van der Waals surface area contributed by atoms with E-state index in [-0.39, 0.29) is 0 Å². The SMILES string of the molecule is c1ccc(-c2cc(-c3ccc4ccccc4c3)nc(-c3ccc4c(ccc5ccc6oc(-c7ccccc7)nc6c54)c3)n2)cc1.c1ccc(-c2cccc(-c3cc(-c4ccccc4)nc(-c4ccc5c(ccc6ccc7oc(-c8ccccc8)nc7c65)c4)n3)c2)cc1.c1ccc(-c2nc3c(ccc4ccc5cc(-c6nc(-c7ccc8ccccc8c7)cc(-c7ccc8ccccc8c7)n6)ccc5c43)o2)cc1. The highest BCUT2D eigenvalue weighted by molar-refractivity contribution is 6.22. The Bertz CT molecular complexity index is 9660. The van der Waals surface area contributed by atoms with Crippen LogP contribution < -0.4 is 0 Å². The molecule has 6 heterocycles. The average molecular weight is 1800 g/mol. The van der Waals surface area contributed by atoms with Crippen LogP contribution in [0.5, 0.6) is 0 Å². The van der Waals surface area contributed by atoms with Gasteiger partial charge in [0.05, 0.1) is 34.2 Å². The highest BCUT2D eigenvalue weighted by atomic mass is 16.4. The summed E-state index contributed by atoms with van der Waals surface area (Å²) in [5, 5.41) is 20.4. The molecule has 0 radical (unpaired) electrons. The molecule has 0 aliphatic heterocycles. The van der Waals surface area contributed by atoms with Crippen LogP contribution >= 0.6 is 0 Å². The number of rotatable bonds is 13. The van der Waals surface area contributed by atoms with Gasteiger partial charge in [-0.2, -0.15) is 0 Å². The van der Waals surface area contributed by atoms with Gasteiger partial charge in [-0.1, -0.05) is 364 Å². The van der Waals surface area contributed by atoms with E-state index in [4.69, 9.17) is 58.1 Å². The van der Waals surface area contributed by atoms with E-state index in [9.17, 15) is 0 Å². The zero-order valence-corrected chi connectivity index (χ0v) is 75.9. The molecule has 0 atom stereocenters. The lowest BCUT2D eigenvalue weighted by atomic mass is 9.98. The maximum atomic E-state index is 6.24. The number of benzene rings is 22. The summed E-state index contributed by atoms with van der Waals surface area (Å²) in [4.78, 5) is 45.7. The van der Waals surface area contributed by atoms with Crippen molar-refractivity contribution in [2.75, 3.05) is 0 Å². The number of oxazole rings is 3. The van der Waals surface area contributed by atoms with Crippen LogP contribution in [0.4, 0.5) is 0 Å².